The molecule has 0 saturated carbocycles. The SMILES string of the molecule is O=c1c2ccccc2nnn1C/C=C/Cn1ccnc1. The van der Waals surface area contributed by atoms with Crippen LogP contribution >= 0.6 is 0 Å². The van der Waals surface area contributed by atoms with E-state index in [2.05, 4.69) is 15.3 Å². The van der Waals surface area contributed by atoms with E-state index >= 15 is 0 Å². The summed E-state index contributed by atoms with van der Waals surface area (Å²) in [5.74, 6) is 0. The van der Waals surface area contributed by atoms with Crippen molar-refractivity contribution in [2.75, 3.05) is 0 Å². The molecule has 0 N–H and O–H groups in total. The maximum absolute atomic E-state index is 12.2. The third-order valence-electron chi connectivity index (χ3n) is 2.95. The highest BCUT2D eigenvalue weighted by Gasteiger charge is 2.02. The number of imidazole rings is 1. The molecule has 6 heteroatoms. The number of rotatable bonds is 4. The van der Waals surface area contributed by atoms with Crippen molar-refractivity contribution in [3.05, 3.63) is 65.5 Å². The molecule has 1 aromatic carbocycles. The van der Waals surface area contributed by atoms with Crippen LogP contribution in [0.25, 0.3) is 10.9 Å². The standard InChI is InChI=1S/C14H13N5O/c20-14-12-5-1-2-6-13(12)16-17-19(14)9-4-3-8-18-10-7-15-11-18/h1-7,10-11H,8-9H2/b4-3+. The van der Waals surface area contributed by atoms with Gasteiger partial charge in [-0.05, 0) is 12.1 Å². The maximum atomic E-state index is 12.2. The third-order valence-corrected chi connectivity index (χ3v) is 2.95. The second kappa shape index (κ2) is 5.48. The second-order valence-electron chi connectivity index (χ2n) is 4.32. The Kier molecular flexibility index (Phi) is 3.36. The lowest BCUT2D eigenvalue weighted by atomic mass is 10.2. The third kappa shape index (κ3) is 2.49. The maximum Gasteiger partial charge on any atom is 0.277 e. The van der Waals surface area contributed by atoms with Gasteiger partial charge in [0.15, 0.2) is 0 Å². The number of nitrogens with zero attached hydrogens (tertiary/aromatic N) is 5. The van der Waals surface area contributed by atoms with Gasteiger partial charge in [0.05, 0.1) is 18.3 Å². The summed E-state index contributed by atoms with van der Waals surface area (Å²) < 4.78 is 3.29. The van der Waals surface area contributed by atoms with Crippen LogP contribution in [-0.4, -0.2) is 24.5 Å². The Morgan fingerprint density at radius 1 is 1.15 bits per heavy atom. The summed E-state index contributed by atoms with van der Waals surface area (Å²) >= 11 is 0. The van der Waals surface area contributed by atoms with Gasteiger partial charge in [-0.1, -0.05) is 29.5 Å². The molecule has 0 spiro atoms. The average Bonchev–Trinajstić information content (AvgIpc) is 2.99. The predicted molar refractivity (Wildman–Crippen MR) is 75.2 cm³/mol. The molecule has 0 radical (unpaired) electrons. The molecule has 3 aromatic rings. The molecule has 0 unspecified atom stereocenters. The largest absolute Gasteiger partial charge is 0.334 e. The number of aromatic nitrogens is 5. The van der Waals surface area contributed by atoms with Gasteiger partial charge in [0.1, 0.15) is 5.52 Å². The van der Waals surface area contributed by atoms with Crippen LogP contribution in [0.4, 0.5) is 0 Å². The van der Waals surface area contributed by atoms with Crippen molar-refractivity contribution < 1.29 is 0 Å². The summed E-state index contributed by atoms with van der Waals surface area (Å²) in [6.07, 6.45) is 9.21. The molecular weight excluding hydrogens is 254 g/mol. The van der Waals surface area contributed by atoms with Crippen molar-refractivity contribution >= 4 is 10.9 Å². The van der Waals surface area contributed by atoms with Crippen LogP contribution < -0.4 is 5.56 Å². The lowest BCUT2D eigenvalue weighted by Crippen LogP contribution is -2.23. The summed E-state index contributed by atoms with van der Waals surface area (Å²) in [4.78, 5) is 16.1. The van der Waals surface area contributed by atoms with E-state index in [1.807, 2.05) is 35.0 Å². The van der Waals surface area contributed by atoms with E-state index in [-0.39, 0.29) is 5.56 Å². The van der Waals surface area contributed by atoms with Gasteiger partial charge in [0.25, 0.3) is 5.56 Å². The molecule has 0 aliphatic carbocycles. The first-order valence-corrected chi connectivity index (χ1v) is 6.28. The summed E-state index contributed by atoms with van der Waals surface area (Å²) in [5, 5.41) is 8.55. The number of benzene rings is 1. The van der Waals surface area contributed by atoms with Gasteiger partial charge in [-0.25, -0.2) is 9.67 Å². The molecule has 0 atom stereocenters. The van der Waals surface area contributed by atoms with E-state index in [9.17, 15) is 4.79 Å². The van der Waals surface area contributed by atoms with Gasteiger partial charge < -0.3 is 4.57 Å². The van der Waals surface area contributed by atoms with E-state index in [1.165, 1.54) is 4.68 Å². The van der Waals surface area contributed by atoms with Gasteiger partial charge in [0, 0.05) is 18.9 Å². The molecule has 0 aliphatic heterocycles. The van der Waals surface area contributed by atoms with E-state index in [1.54, 1.807) is 24.7 Å². The van der Waals surface area contributed by atoms with Gasteiger partial charge in [-0.15, -0.1) is 5.10 Å². The molecule has 0 saturated heterocycles. The molecule has 0 bridgehead atoms. The van der Waals surface area contributed by atoms with Crippen molar-refractivity contribution in [1.82, 2.24) is 24.5 Å². The number of allylic oxidation sites excluding steroid dienone is 2. The zero-order valence-electron chi connectivity index (χ0n) is 10.8. The van der Waals surface area contributed by atoms with Gasteiger partial charge in [-0.3, -0.25) is 4.79 Å². The molecule has 6 nitrogen and oxygen atoms in total. The lowest BCUT2D eigenvalue weighted by Gasteiger charge is -2.01. The second-order valence-corrected chi connectivity index (χ2v) is 4.32. The monoisotopic (exact) mass is 267 g/mol. The first-order chi connectivity index (χ1) is 9.84. The fourth-order valence-electron chi connectivity index (χ4n) is 1.91. The minimum atomic E-state index is -0.122. The van der Waals surface area contributed by atoms with E-state index in [0.29, 0.717) is 17.4 Å². The predicted octanol–water partition coefficient (Wildman–Crippen LogP) is 1.24. The van der Waals surface area contributed by atoms with Crippen LogP contribution in [0, 0.1) is 0 Å². The lowest BCUT2D eigenvalue weighted by molar-refractivity contribution is 0.609. The summed E-state index contributed by atoms with van der Waals surface area (Å²) in [5.41, 5.74) is 0.499. The first kappa shape index (κ1) is 12.3. The summed E-state index contributed by atoms with van der Waals surface area (Å²) in [6, 6.07) is 7.21. The zero-order valence-corrected chi connectivity index (χ0v) is 10.8. The van der Waals surface area contributed by atoms with Gasteiger partial charge in [0.2, 0.25) is 0 Å². The average molecular weight is 267 g/mol. The number of fused-ring (bicyclic) bond motifs is 1. The fourth-order valence-corrected chi connectivity index (χ4v) is 1.91. The molecule has 20 heavy (non-hydrogen) atoms. The minimum absolute atomic E-state index is 0.122. The molecular formula is C14H13N5O. The Morgan fingerprint density at radius 3 is 2.85 bits per heavy atom. The summed E-state index contributed by atoms with van der Waals surface area (Å²) in [6.45, 7) is 1.13. The summed E-state index contributed by atoms with van der Waals surface area (Å²) in [7, 11) is 0. The van der Waals surface area contributed by atoms with E-state index < -0.39 is 0 Å². The molecule has 2 aromatic heterocycles. The molecule has 0 fully saturated rings. The Balaban J connectivity index is 1.76. The van der Waals surface area contributed by atoms with Crippen molar-refractivity contribution in [1.29, 1.82) is 0 Å². The Hall–Kier alpha value is -2.76. The Bertz CT molecular complexity index is 789. The highest BCUT2D eigenvalue weighted by atomic mass is 16.1. The van der Waals surface area contributed by atoms with Crippen LogP contribution in [0.15, 0.2) is 59.9 Å². The molecule has 100 valence electrons. The van der Waals surface area contributed by atoms with Crippen LogP contribution in [0.5, 0.6) is 0 Å². The zero-order chi connectivity index (χ0) is 13.8. The van der Waals surface area contributed by atoms with Crippen LogP contribution in [0.2, 0.25) is 0 Å². The molecule has 0 aliphatic rings. The van der Waals surface area contributed by atoms with Crippen LogP contribution in [0.1, 0.15) is 0 Å². The van der Waals surface area contributed by atoms with Crippen LogP contribution in [-0.2, 0) is 13.1 Å². The van der Waals surface area contributed by atoms with E-state index in [0.717, 1.165) is 6.54 Å². The Morgan fingerprint density at radius 2 is 2.00 bits per heavy atom. The van der Waals surface area contributed by atoms with E-state index in [4.69, 9.17) is 0 Å². The van der Waals surface area contributed by atoms with Crippen LogP contribution in [0.3, 0.4) is 0 Å². The Labute approximate surface area is 115 Å². The van der Waals surface area contributed by atoms with Crippen molar-refractivity contribution in [3.63, 3.8) is 0 Å². The molecule has 2 heterocycles. The first-order valence-electron chi connectivity index (χ1n) is 6.28. The highest BCUT2D eigenvalue weighted by molar-refractivity contribution is 5.76. The van der Waals surface area contributed by atoms with Crippen molar-refractivity contribution in [2.45, 2.75) is 13.1 Å². The topological polar surface area (TPSA) is 65.6 Å². The normalized spacial score (nSPS) is 11.4. The van der Waals surface area contributed by atoms with Crippen molar-refractivity contribution in [3.8, 4) is 0 Å². The quantitative estimate of drug-likeness (QED) is 0.667. The molecule has 0 amide bonds. The number of hydrogen-bond acceptors (Lipinski definition) is 4. The molecule has 3 rings (SSSR count). The van der Waals surface area contributed by atoms with Gasteiger partial charge >= 0.3 is 0 Å². The highest BCUT2D eigenvalue weighted by Crippen LogP contribution is 2.03. The van der Waals surface area contributed by atoms with Gasteiger partial charge in [-0.2, -0.15) is 0 Å². The number of hydrogen-bond donors (Lipinski definition) is 0. The smallest absolute Gasteiger partial charge is 0.277 e. The van der Waals surface area contributed by atoms with Crippen molar-refractivity contribution in [2.24, 2.45) is 0 Å². The minimum Gasteiger partial charge on any atom is -0.334 e. The fraction of sp³-hybridized carbons (Fsp3) is 0.143.